The number of amides is 3. The Balaban J connectivity index is 1.09. The molecule has 5 aromatic rings. The van der Waals surface area contributed by atoms with E-state index in [2.05, 4.69) is 13.1 Å². The van der Waals surface area contributed by atoms with Gasteiger partial charge in [-0.05, 0) is 71.1 Å². The van der Waals surface area contributed by atoms with E-state index in [-0.39, 0.29) is 55.1 Å². The van der Waals surface area contributed by atoms with Gasteiger partial charge >= 0.3 is 0 Å². The molecule has 318 valence electrons. The minimum atomic E-state index is -2.68. The van der Waals surface area contributed by atoms with Gasteiger partial charge in [-0.1, -0.05) is 85.9 Å². The molecule has 14 heteroatoms. The van der Waals surface area contributed by atoms with E-state index in [1.165, 1.54) is 12.1 Å². The quantitative estimate of drug-likeness (QED) is 0.0913. The lowest BCUT2D eigenvalue weighted by Crippen LogP contribution is -2.52. The van der Waals surface area contributed by atoms with Gasteiger partial charge in [-0.15, -0.1) is 0 Å². The standard InChI is InChI=1S/C48H48N4O9Si/c1-30-46(62(3,4)38-20-18-37(59-2)19-21-38)43(25-44(54)49-27-33-10-6-5-9-32(33)23-36(49)28-53)61-48(30)39-24-35(52(57)58)17-22-40(39)50(47(48)56)26-31-13-15-34(16-14-31)51-41-11-7-8-12-42(41)60-29-45(51)55/h5-22,24,30,36,43,46,53H,23,25-29H2,1-4H3/t30-,36-,43+,46-,48+/m0/s1. The first-order chi connectivity index (χ1) is 29.8. The highest BCUT2D eigenvalue weighted by Crippen LogP contribution is 2.60. The molecule has 4 heterocycles. The molecule has 0 unspecified atom stereocenters. The lowest BCUT2D eigenvalue weighted by Gasteiger charge is -2.39. The summed E-state index contributed by atoms with van der Waals surface area (Å²) in [5.41, 5.74) is 2.92. The zero-order valence-electron chi connectivity index (χ0n) is 35.0. The molecule has 4 aliphatic heterocycles. The van der Waals surface area contributed by atoms with E-state index >= 15 is 4.79 Å². The molecule has 0 bridgehead atoms. The van der Waals surface area contributed by atoms with E-state index in [4.69, 9.17) is 14.2 Å². The van der Waals surface area contributed by atoms with Crippen molar-refractivity contribution < 1.29 is 38.6 Å². The minimum Gasteiger partial charge on any atom is -0.497 e. The number of nitrogens with zero attached hydrogens (tertiary/aromatic N) is 4. The van der Waals surface area contributed by atoms with Crippen LogP contribution in [0, 0.1) is 16.0 Å². The first-order valence-electron chi connectivity index (χ1n) is 20.9. The maximum Gasteiger partial charge on any atom is 0.269 e. The first kappa shape index (κ1) is 41.0. The number of nitro benzene ring substituents is 1. The number of hydrogen-bond acceptors (Lipinski definition) is 9. The van der Waals surface area contributed by atoms with Gasteiger partial charge in [0.1, 0.15) is 11.5 Å². The summed E-state index contributed by atoms with van der Waals surface area (Å²) in [6.45, 7) is 6.57. The van der Waals surface area contributed by atoms with Gasteiger partial charge < -0.3 is 29.1 Å². The van der Waals surface area contributed by atoms with Crippen molar-refractivity contribution in [1.82, 2.24) is 4.90 Å². The van der Waals surface area contributed by atoms with Crippen LogP contribution in [0.1, 0.15) is 35.6 Å². The van der Waals surface area contributed by atoms with E-state index in [9.17, 15) is 24.8 Å². The van der Waals surface area contributed by atoms with Gasteiger partial charge in [-0.2, -0.15) is 0 Å². The van der Waals surface area contributed by atoms with E-state index < -0.39 is 36.7 Å². The third-order valence-corrected chi connectivity index (χ3v) is 17.9. The molecule has 1 fully saturated rings. The van der Waals surface area contributed by atoms with Crippen molar-refractivity contribution in [1.29, 1.82) is 0 Å². The van der Waals surface area contributed by atoms with Gasteiger partial charge in [0.05, 0.1) is 63.2 Å². The van der Waals surface area contributed by atoms with Gasteiger partial charge in [-0.3, -0.25) is 29.4 Å². The van der Waals surface area contributed by atoms with Crippen LogP contribution >= 0.6 is 0 Å². The van der Waals surface area contributed by atoms with Gasteiger partial charge in [0.2, 0.25) is 5.91 Å². The highest BCUT2D eigenvalue weighted by atomic mass is 28.3. The summed E-state index contributed by atoms with van der Waals surface area (Å²) in [5.74, 6) is 0.0213. The zero-order chi connectivity index (χ0) is 43.5. The number of hydrogen-bond donors (Lipinski definition) is 1. The van der Waals surface area contributed by atoms with Crippen molar-refractivity contribution in [2.75, 3.05) is 30.1 Å². The third kappa shape index (κ3) is 6.73. The monoisotopic (exact) mass is 852 g/mol. The molecule has 1 saturated heterocycles. The largest absolute Gasteiger partial charge is 0.497 e. The van der Waals surface area contributed by atoms with Crippen LogP contribution in [0.25, 0.3) is 0 Å². The molecule has 1 spiro atoms. The number of fused-ring (bicyclic) bond motifs is 4. The van der Waals surface area contributed by atoms with Crippen LogP contribution in [0.5, 0.6) is 11.5 Å². The summed E-state index contributed by atoms with van der Waals surface area (Å²) in [6, 6.07) is 34.6. The Morgan fingerprint density at radius 3 is 2.35 bits per heavy atom. The molecular weight excluding hydrogens is 805 g/mol. The molecule has 9 rings (SSSR count). The second-order valence-electron chi connectivity index (χ2n) is 17.2. The molecule has 0 radical (unpaired) electrons. The average molecular weight is 853 g/mol. The lowest BCUT2D eigenvalue weighted by molar-refractivity contribution is -0.385. The fraction of sp³-hybridized carbons (Fsp3) is 0.312. The van der Waals surface area contributed by atoms with Gasteiger partial charge in [-0.25, -0.2) is 0 Å². The Hall–Kier alpha value is -6.35. The van der Waals surface area contributed by atoms with Gasteiger partial charge in [0, 0.05) is 35.8 Å². The maximum absolute atomic E-state index is 15.5. The fourth-order valence-electron chi connectivity index (χ4n) is 10.4. The molecule has 5 aromatic carbocycles. The zero-order valence-corrected chi connectivity index (χ0v) is 36.0. The van der Waals surface area contributed by atoms with E-state index in [1.54, 1.807) is 27.9 Å². The summed E-state index contributed by atoms with van der Waals surface area (Å²) in [6.07, 6.45) is -0.284. The number of nitro groups is 1. The number of methoxy groups -OCH3 is 1. The smallest absolute Gasteiger partial charge is 0.269 e. The van der Waals surface area contributed by atoms with Crippen molar-refractivity contribution >= 4 is 53.7 Å². The lowest BCUT2D eigenvalue weighted by atomic mass is 9.82. The highest BCUT2D eigenvalue weighted by molar-refractivity contribution is 6.91. The molecule has 4 aliphatic rings. The van der Waals surface area contributed by atoms with Crippen LogP contribution in [0.4, 0.5) is 22.7 Å². The highest BCUT2D eigenvalue weighted by Gasteiger charge is 2.67. The SMILES string of the molecule is COc1ccc([Si](C)(C)[C@@H]2[C@@H](CC(=O)N3Cc4ccccc4C[C@H]3CO)O[C@]3(C(=O)N(Cc4ccc(N5C(=O)COc6ccccc65)cc4)c4ccc([N+](=O)[O-])cc43)[C@H]2C)cc1. The number of carbonyl (C=O) groups excluding carboxylic acids is 3. The Morgan fingerprint density at radius 1 is 0.935 bits per heavy atom. The van der Waals surface area contributed by atoms with Crippen LogP contribution in [0.15, 0.2) is 115 Å². The number of non-ortho nitro benzene ring substituents is 1. The Labute approximate surface area is 360 Å². The van der Waals surface area contributed by atoms with Crippen LogP contribution in [-0.2, 0) is 44.2 Å². The molecule has 1 N–H and O–H groups in total. The number of aliphatic hydroxyl groups excluding tert-OH is 1. The molecule has 5 atom stereocenters. The van der Waals surface area contributed by atoms with Crippen LogP contribution in [-0.4, -0.2) is 73.2 Å². The minimum absolute atomic E-state index is 0.0512. The summed E-state index contributed by atoms with van der Waals surface area (Å²) < 4.78 is 18.3. The summed E-state index contributed by atoms with van der Waals surface area (Å²) in [5, 5.41) is 24.0. The molecule has 62 heavy (non-hydrogen) atoms. The van der Waals surface area contributed by atoms with Crippen LogP contribution in [0.2, 0.25) is 18.6 Å². The number of ether oxygens (including phenoxy) is 3. The summed E-state index contributed by atoms with van der Waals surface area (Å²) in [7, 11) is -1.07. The number of aliphatic hydroxyl groups is 1. The first-order valence-corrected chi connectivity index (χ1v) is 24.0. The van der Waals surface area contributed by atoms with E-state index in [0.717, 1.165) is 21.9 Å². The topological polar surface area (TPSA) is 152 Å². The van der Waals surface area contributed by atoms with Crippen LogP contribution < -0.4 is 24.5 Å². The molecular formula is C48H48N4O9Si. The van der Waals surface area contributed by atoms with Crippen molar-refractivity contribution in [2.45, 2.75) is 69.2 Å². The maximum atomic E-state index is 15.5. The normalized spacial score (nSPS) is 22.9. The summed E-state index contributed by atoms with van der Waals surface area (Å²) >= 11 is 0. The molecule has 0 aliphatic carbocycles. The van der Waals surface area contributed by atoms with Gasteiger partial charge in [0.15, 0.2) is 12.2 Å². The average Bonchev–Trinajstić information content (AvgIpc) is 3.71. The van der Waals surface area contributed by atoms with Crippen molar-refractivity contribution in [2.24, 2.45) is 5.92 Å². The molecule has 0 aromatic heterocycles. The Morgan fingerprint density at radius 2 is 1.65 bits per heavy atom. The second-order valence-corrected chi connectivity index (χ2v) is 21.9. The van der Waals surface area contributed by atoms with E-state index in [1.807, 2.05) is 104 Å². The third-order valence-electron chi connectivity index (χ3n) is 13.5. The van der Waals surface area contributed by atoms with Crippen molar-refractivity contribution in [3.05, 3.63) is 148 Å². The Bertz CT molecular complexity index is 2580. The summed E-state index contributed by atoms with van der Waals surface area (Å²) in [4.78, 5) is 60.1. The number of para-hydroxylation sites is 2. The predicted octanol–water partition coefficient (Wildman–Crippen LogP) is 6.76. The van der Waals surface area contributed by atoms with Crippen molar-refractivity contribution in [3.63, 3.8) is 0 Å². The second kappa shape index (κ2) is 15.8. The number of carbonyl (C=O) groups is 3. The van der Waals surface area contributed by atoms with Gasteiger partial charge in [0.25, 0.3) is 17.5 Å². The van der Waals surface area contributed by atoms with Crippen molar-refractivity contribution in [3.8, 4) is 11.5 Å². The predicted molar refractivity (Wildman–Crippen MR) is 236 cm³/mol. The number of benzene rings is 5. The fourth-order valence-corrected chi connectivity index (χ4v) is 14.4. The number of anilines is 3. The molecule has 13 nitrogen and oxygen atoms in total. The van der Waals surface area contributed by atoms with E-state index in [0.29, 0.717) is 47.1 Å². The van der Waals surface area contributed by atoms with Crippen LogP contribution in [0.3, 0.4) is 0 Å². The Kier molecular flexibility index (Phi) is 10.5. The number of rotatable bonds is 10. The molecule has 3 amide bonds. The molecule has 0 saturated carbocycles.